The number of nitrogens with zero attached hydrogens (tertiary/aromatic N) is 3. The number of hydrogen-bond acceptors (Lipinski definition) is 7. The minimum Gasteiger partial charge on any atom is -0.496 e. The van der Waals surface area contributed by atoms with E-state index in [2.05, 4.69) is 18.2 Å². The molecular weight excluding hydrogens is 344 g/mol. The maximum atomic E-state index is 10.2. The van der Waals surface area contributed by atoms with Gasteiger partial charge in [-0.2, -0.15) is 15.8 Å². The summed E-state index contributed by atoms with van der Waals surface area (Å²) in [7, 11) is 1.50. The summed E-state index contributed by atoms with van der Waals surface area (Å²) in [5.74, 6) is -1.72. The van der Waals surface area contributed by atoms with Crippen LogP contribution in [0.3, 0.4) is 0 Å². The number of benzene rings is 1. The normalized spacial score (nSPS) is 35.7. The van der Waals surface area contributed by atoms with Gasteiger partial charge in [0.2, 0.25) is 11.7 Å². The van der Waals surface area contributed by atoms with Crippen molar-refractivity contribution < 1.29 is 14.2 Å². The highest BCUT2D eigenvalue weighted by molar-refractivity contribution is 5.89. The molecule has 7 nitrogen and oxygen atoms in total. The van der Waals surface area contributed by atoms with Crippen molar-refractivity contribution in [3.8, 4) is 24.0 Å². The van der Waals surface area contributed by atoms with Crippen LogP contribution in [-0.4, -0.2) is 18.8 Å². The maximum absolute atomic E-state index is 10.2. The van der Waals surface area contributed by atoms with E-state index in [4.69, 9.17) is 19.6 Å². The van der Waals surface area contributed by atoms with Crippen LogP contribution in [0.4, 0.5) is 0 Å². The van der Waals surface area contributed by atoms with E-state index in [9.17, 15) is 15.8 Å². The van der Waals surface area contributed by atoms with Crippen LogP contribution in [0.1, 0.15) is 37.4 Å². The van der Waals surface area contributed by atoms with Crippen molar-refractivity contribution in [1.29, 1.82) is 21.2 Å². The van der Waals surface area contributed by atoms with Crippen molar-refractivity contribution in [2.75, 3.05) is 7.11 Å². The monoisotopic (exact) mass is 362 g/mol. The quantitative estimate of drug-likeness (QED) is 0.861. The van der Waals surface area contributed by atoms with Crippen LogP contribution >= 0.6 is 0 Å². The molecule has 7 heteroatoms. The highest BCUT2D eigenvalue weighted by Gasteiger charge is 2.80. The van der Waals surface area contributed by atoms with Crippen molar-refractivity contribution in [2.45, 2.75) is 37.6 Å². The van der Waals surface area contributed by atoms with Gasteiger partial charge in [-0.05, 0) is 18.9 Å². The summed E-state index contributed by atoms with van der Waals surface area (Å²) in [5, 5.41) is 39.1. The zero-order chi connectivity index (χ0) is 19.3. The van der Waals surface area contributed by atoms with Crippen LogP contribution < -0.4 is 4.74 Å². The summed E-state index contributed by atoms with van der Waals surface area (Å²) in [5.41, 5.74) is -3.07. The lowest BCUT2D eigenvalue weighted by molar-refractivity contribution is -0.360. The summed E-state index contributed by atoms with van der Waals surface area (Å²) in [6.45, 7) is 0. The van der Waals surface area contributed by atoms with Crippen LogP contribution in [0.5, 0.6) is 5.75 Å². The number of ether oxygens (including phenoxy) is 3. The molecule has 1 N–H and O–H groups in total. The van der Waals surface area contributed by atoms with E-state index in [1.165, 1.54) is 7.11 Å². The number of para-hydroxylation sites is 1. The lowest BCUT2D eigenvalue weighted by atomic mass is 9.48. The molecule has 4 aliphatic rings. The summed E-state index contributed by atoms with van der Waals surface area (Å²) in [4.78, 5) is 0. The summed E-state index contributed by atoms with van der Waals surface area (Å²) >= 11 is 0. The van der Waals surface area contributed by atoms with Crippen molar-refractivity contribution in [1.82, 2.24) is 0 Å². The van der Waals surface area contributed by atoms with Crippen molar-refractivity contribution in [3.05, 3.63) is 29.8 Å². The zero-order valence-corrected chi connectivity index (χ0v) is 14.9. The fourth-order valence-corrected chi connectivity index (χ4v) is 5.00. The highest BCUT2D eigenvalue weighted by Crippen LogP contribution is 2.69. The Labute approximate surface area is 157 Å². The molecule has 1 aromatic rings. The molecule has 3 heterocycles. The Morgan fingerprint density at radius 3 is 2.56 bits per heavy atom. The van der Waals surface area contributed by atoms with Gasteiger partial charge >= 0.3 is 0 Å². The van der Waals surface area contributed by atoms with E-state index < -0.39 is 28.6 Å². The summed E-state index contributed by atoms with van der Waals surface area (Å²) < 4.78 is 17.6. The third-order valence-electron chi connectivity index (χ3n) is 6.24. The van der Waals surface area contributed by atoms with Crippen LogP contribution in [0.25, 0.3) is 0 Å². The second-order valence-corrected chi connectivity index (χ2v) is 7.23. The second-order valence-electron chi connectivity index (χ2n) is 7.23. The Hall–Kier alpha value is -3.08. The molecule has 0 aromatic heterocycles. The van der Waals surface area contributed by atoms with Crippen molar-refractivity contribution in [2.24, 2.45) is 16.7 Å². The largest absolute Gasteiger partial charge is 0.496 e. The third-order valence-corrected chi connectivity index (χ3v) is 6.24. The molecule has 5 rings (SSSR count). The molecular formula is C20H18N4O3. The van der Waals surface area contributed by atoms with E-state index in [-0.39, 0.29) is 5.90 Å². The van der Waals surface area contributed by atoms with Gasteiger partial charge < -0.3 is 14.2 Å². The Balaban J connectivity index is 2.03. The lowest BCUT2D eigenvalue weighted by Gasteiger charge is -2.63. The Morgan fingerprint density at radius 2 is 1.89 bits per heavy atom. The highest BCUT2D eigenvalue weighted by atomic mass is 16.7. The molecule has 1 spiro atoms. The van der Waals surface area contributed by atoms with Crippen LogP contribution in [-0.2, 0) is 9.47 Å². The SMILES string of the molecule is COc1ccccc1[C@H]1O[C@@]23CCCC[C@H]2C(C#N)(C#N)[C@@]1(C#N)C(=N)O3. The number of methoxy groups -OCH3 is 1. The minimum absolute atomic E-state index is 0.367. The van der Waals surface area contributed by atoms with E-state index in [0.717, 1.165) is 12.8 Å². The summed E-state index contributed by atoms with van der Waals surface area (Å²) in [6, 6.07) is 13.4. The minimum atomic E-state index is -1.87. The molecule has 1 aromatic carbocycles. The van der Waals surface area contributed by atoms with Gasteiger partial charge in [0, 0.05) is 12.0 Å². The van der Waals surface area contributed by atoms with Crippen molar-refractivity contribution >= 4 is 5.90 Å². The van der Waals surface area contributed by atoms with Gasteiger partial charge in [-0.1, -0.05) is 24.6 Å². The Bertz CT molecular complexity index is 926. The first kappa shape index (κ1) is 17.3. The standard InChI is InChI=1S/C20H18N4O3/c1-25-14-7-3-2-6-13(14)16-19(12-23)17(24)27-20(26-16)9-5-4-8-15(20)18(19,10-21)11-22/h2-3,6-7,15-16,24H,4-5,8-9H2,1H3/t15-,16+,19+,20+/m0/s1. The fraction of sp³-hybridized carbons (Fsp3) is 0.500. The van der Waals surface area contributed by atoms with Gasteiger partial charge in [0.1, 0.15) is 11.9 Å². The molecule has 0 radical (unpaired) electrons. The van der Waals surface area contributed by atoms with Gasteiger partial charge in [0.25, 0.3) is 0 Å². The third kappa shape index (κ3) is 1.84. The first-order chi connectivity index (χ1) is 13.0. The van der Waals surface area contributed by atoms with Gasteiger partial charge in [0.05, 0.1) is 31.2 Å². The number of hydrogen-bond donors (Lipinski definition) is 1. The summed E-state index contributed by atoms with van der Waals surface area (Å²) in [6.07, 6.45) is 1.62. The topological polar surface area (TPSA) is 123 Å². The van der Waals surface area contributed by atoms with Gasteiger partial charge in [0.15, 0.2) is 10.8 Å². The van der Waals surface area contributed by atoms with Crippen LogP contribution in [0.2, 0.25) is 0 Å². The molecule has 136 valence electrons. The average molecular weight is 362 g/mol. The smallest absolute Gasteiger partial charge is 0.218 e. The molecule has 0 amide bonds. The molecule has 1 saturated carbocycles. The number of fused-ring (bicyclic) bond motifs is 2. The first-order valence-electron chi connectivity index (χ1n) is 8.88. The first-order valence-corrected chi connectivity index (χ1v) is 8.88. The van der Waals surface area contributed by atoms with Crippen LogP contribution in [0.15, 0.2) is 24.3 Å². The predicted molar refractivity (Wildman–Crippen MR) is 92.0 cm³/mol. The number of rotatable bonds is 2. The molecule has 27 heavy (non-hydrogen) atoms. The molecule has 1 aliphatic carbocycles. The predicted octanol–water partition coefficient (Wildman–Crippen LogP) is 3.20. The lowest BCUT2D eigenvalue weighted by Crippen LogP contribution is -2.73. The number of nitrogens with one attached hydrogen (secondary N) is 1. The molecule has 3 aliphatic heterocycles. The molecule has 4 fully saturated rings. The number of nitriles is 3. The van der Waals surface area contributed by atoms with E-state index in [1.807, 2.05) is 0 Å². The van der Waals surface area contributed by atoms with Gasteiger partial charge in [-0.15, -0.1) is 0 Å². The molecule has 4 atom stereocenters. The van der Waals surface area contributed by atoms with Crippen molar-refractivity contribution in [3.63, 3.8) is 0 Å². The van der Waals surface area contributed by atoms with Gasteiger partial charge in [-0.25, -0.2) is 0 Å². The molecule has 0 unspecified atom stereocenters. The molecule has 3 saturated heterocycles. The van der Waals surface area contributed by atoms with E-state index in [1.54, 1.807) is 24.3 Å². The average Bonchev–Trinajstić information content (AvgIpc) is 2.71. The molecule has 2 bridgehead atoms. The fourth-order valence-electron chi connectivity index (χ4n) is 5.00. The second kappa shape index (κ2) is 5.71. The zero-order valence-electron chi connectivity index (χ0n) is 14.9. The maximum Gasteiger partial charge on any atom is 0.218 e. The van der Waals surface area contributed by atoms with E-state index >= 15 is 0 Å². The Kier molecular flexibility index (Phi) is 3.67. The Morgan fingerprint density at radius 1 is 1.15 bits per heavy atom. The van der Waals surface area contributed by atoms with E-state index in [0.29, 0.717) is 24.2 Å². The van der Waals surface area contributed by atoms with Crippen LogP contribution in [0, 0.1) is 56.2 Å². The van der Waals surface area contributed by atoms with Gasteiger partial charge in [-0.3, -0.25) is 5.41 Å².